The summed E-state index contributed by atoms with van der Waals surface area (Å²) in [6.07, 6.45) is 11.6. The predicted octanol–water partition coefficient (Wildman–Crippen LogP) is 7.97. The van der Waals surface area contributed by atoms with Gasteiger partial charge in [-0.1, -0.05) is 97.1 Å². The van der Waals surface area contributed by atoms with Gasteiger partial charge >= 0.3 is 0 Å². The third kappa shape index (κ3) is 2.86. The lowest BCUT2D eigenvalue weighted by Crippen LogP contribution is -1.87. The number of rotatable bonds is 0. The Bertz CT molecular complexity index is 1530. The molecule has 0 unspecified atom stereocenters. The molecular formula is C30H21N. The van der Waals surface area contributed by atoms with E-state index in [4.69, 9.17) is 0 Å². The highest BCUT2D eigenvalue weighted by Gasteiger charge is 2.23. The van der Waals surface area contributed by atoms with Crippen molar-refractivity contribution >= 4 is 32.3 Å². The molecule has 146 valence electrons. The maximum absolute atomic E-state index is 2.92. The number of fused-ring (bicyclic) bond motifs is 7. The second-order valence-corrected chi connectivity index (χ2v) is 7.85. The Labute approximate surface area is 181 Å². The largest absolute Gasteiger partial charge is 0.368 e. The maximum atomic E-state index is 2.92. The summed E-state index contributed by atoms with van der Waals surface area (Å²) < 4.78 is 0. The van der Waals surface area contributed by atoms with E-state index < -0.39 is 0 Å². The van der Waals surface area contributed by atoms with Crippen LogP contribution in [0.1, 0.15) is 0 Å². The van der Waals surface area contributed by atoms with Crippen LogP contribution >= 0.6 is 0 Å². The first-order valence-electron chi connectivity index (χ1n) is 10.6. The molecule has 1 heterocycles. The summed E-state index contributed by atoms with van der Waals surface area (Å²) in [6, 6.07) is 31.1. The van der Waals surface area contributed by atoms with Crippen LogP contribution in [0.5, 0.6) is 0 Å². The van der Waals surface area contributed by atoms with Gasteiger partial charge in [-0.25, -0.2) is 0 Å². The minimum atomic E-state index is 1.30. The molecule has 1 aliphatic carbocycles. The van der Waals surface area contributed by atoms with Crippen LogP contribution in [0.25, 0.3) is 54.6 Å². The lowest BCUT2D eigenvalue weighted by Gasteiger charge is -2.10. The smallest absolute Gasteiger partial charge is 0.000442 e. The van der Waals surface area contributed by atoms with Gasteiger partial charge in [0.05, 0.1) is 0 Å². The fourth-order valence-corrected chi connectivity index (χ4v) is 4.78. The highest BCUT2D eigenvalue weighted by molar-refractivity contribution is 6.24. The van der Waals surface area contributed by atoms with Crippen LogP contribution in [0.4, 0.5) is 0 Å². The Hall–Kier alpha value is -4.10. The first kappa shape index (κ1) is 17.7. The minimum Gasteiger partial charge on any atom is -0.368 e. The van der Waals surface area contributed by atoms with Crippen molar-refractivity contribution in [3.63, 3.8) is 0 Å². The quantitative estimate of drug-likeness (QED) is 0.257. The second kappa shape index (κ2) is 7.30. The van der Waals surface area contributed by atoms with Gasteiger partial charge in [0.1, 0.15) is 0 Å². The molecule has 2 aliphatic rings. The summed E-state index contributed by atoms with van der Waals surface area (Å²) in [6.45, 7) is 0. The summed E-state index contributed by atoms with van der Waals surface area (Å²) in [7, 11) is 0. The Balaban J connectivity index is 0.000000228. The molecule has 1 aliphatic heterocycles. The molecule has 0 amide bonds. The molecular weight excluding hydrogens is 374 g/mol. The van der Waals surface area contributed by atoms with Gasteiger partial charge in [0.15, 0.2) is 0 Å². The molecule has 7 rings (SSSR count). The highest BCUT2D eigenvalue weighted by atomic mass is 14.8. The number of hydrogen-bond donors (Lipinski definition) is 1. The average molecular weight is 396 g/mol. The molecule has 0 spiro atoms. The molecule has 0 radical (unpaired) electrons. The Kier molecular flexibility index (Phi) is 4.18. The van der Waals surface area contributed by atoms with Gasteiger partial charge in [-0.05, 0) is 66.7 Å². The van der Waals surface area contributed by atoms with Crippen molar-refractivity contribution in [1.29, 1.82) is 0 Å². The Morgan fingerprint density at radius 2 is 1.13 bits per heavy atom. The van der Waals surface area contributed by atoms with Gasteiger partial charge in [-0.2, -0.15) is 0 Å². The van der Waals surface area contributed by atoms with E-state index >= 15 is 0 Å². The van der Waals surface area contributed by atoms with E-state index in [9.17, 15) is 0 Å². The minimum absolute atomic E-state index is 1.30. The van der Waals surface area contributed by atoms with Crippen molar-refractivity contribution in [3.8, 4) is 22.3 Å². The van der Waals surface area contributed by atoms with Gasteiger partial charge in [0.2, 0.25) is 0 Å². The topological polar surface area (TPSA) is 12.0 Å². The summed E-state index contributed by atoms with van der Waals surface area (Å²) in [4.78, 5) is 0. The van der Waals surface area contributed by atoms with Crippen LogP contribution in [-0.2, 0) is 0 Å². The first-order valence-corrected chi connectivity index (χ1v) is 10.6. The molecule has 0 fully saturated rings. The second-order valence-electron chi connectivity index (χ2n) is 7.85. The SMILES string of the molecule is C1=CC=CNC=C1.c1cc2c3c(cccc3c1)-c1c-2ccc2c1ccc1ccccc12. The summed E-state index contributed by atoms with van der Waals surface area (Å²) in [5.41, 5.74) is 5.50. The molecule has 5 aromatic carbocycles. The zero-order valence-corrected chi connectivity index (χ0v) is 17.0. The van der Waals surface area contributed by atoms with Crippen LogP contribution in [0.3, 0.4) is 0 Å². The lowest BCUT2D eigenvalue weighted by atomic mass is 9.93. The highest BCUT2D eigenvalue weighted by Crippen LogP contribution is 2.50. The molecule has 0 bridgehead atoms. The molecule has 0 aromatic heterocycles. The molecule has 5 aromatic rings. The Morgan fingerprint density at radius 3 is 1.97 bits per heavy atom. The van der Waals surface area contributed by atoms with E-state index in [1.807, 2.05) is 36.7 Å². The van der Waals surface area contributed by atoms with Gasteiger partial charge in [0, 0.05) is 12.4 Å². The average Bonchev–Trinajstić information content (AvgIpc) is 2.99. The monoisotopic (exact) mass is 395 g/mol. The van der Waals surface area contributed by atoms with Crippen molar-refractivity contribution in [3.05, 3.63) is 122 Å². The van der Waals surface area contributed by atoms with Gasteiger partial charge in [0.25, 0.3) is 0 Å². The van der Waals surface area contributed by atoms with E-state index in [0.717, 1.165) is 0 Å². The van der Waals surface area contributed by atoms with Crippen LogP contribution in [0.15, 0.2) is 122 Å². The van der Waals surface area contributed by atoms with E-state index in [1.54, 1.807) is 0 Å². The predicted molar refractivity (Wildman–Crippen MR) is 134 cm³/mol. The third-order valence-corrected chi connectivity index (χ3v) is 6.11. The number of allylic oxidation sites excluding steroid dienone is 4. The fraction of sp³-hybridized carbons (Fsp3) is 0. The Morgan fingerprint density at radius 1 is 0.419 bits per heavy atom. The molecule has 1 heteroatoms. The van der Waals surface area contributed by atoms with E-state index in [1.165, 1.54) is 54.6 Å². The van der Waals surface area contributed by atoms with E-state index in [-0.39, 0.29) is 0 Å². The zero-order chi connectivity index (χ0) is 20.6. The molecule has 1 N–H and O–H groups in total. The lowest BCUT2D eigenvalue weighted by molar-refractivity contribution is 1.20. The molecule has 0 atom stereocenters. The van der Waals surface area contributed by atoms with E-state index in [0.29, 0.717) is 0 Å². The standard InChI is InChI=1S/C24H14.C6H7N/c1-2-8-17-15(5-1)11-12-20-18(17)13-14-21-19-9-3-6-16-7-4-10-22(23(16)19)24(20)21;1-2-4-6-7-5-3-1/h1-14H;1-7H. The zero-order valence-electron chi connectivity index (χ0n) is 17.0. The summed E-state index contributed by atoms with van der Waals surface area (Å²) in [5, 5.41) is 11.0. The van der Waals surface area contributed by atoms with Crippen molar-refractivity contribution in [2.45, 2.75) is 0 Å². The first-order chi connectivity index (χ1) is 15.4. The third-order valence-electron chi connectivity index (χ3n) is 6.11. The summed E-state index contributed by atoms with van der Waals surface area (Å²) >= 11 is 0. The summed E-state index contributed by atoms with van der Waals surface area (Å²) in [5.74, 6) is 0. The number of nitrogens with one attached hydrogen (secondary N) is 1. The van der Waals surface area contributed by atoms with E-state index in [2.05, 4.69) is 90.2 Å². The van der Waals surface area contributed by atoms with Crippen molar-refractivity contribution in [1.82, 2.24) is 5.32 Å². The van der Waals surface area contributed by atoms with Gasteiger partial charge in [-0.15, -0.1) is 0 Å². The van der Waals surface area contributed by atoms with Crippen molar-refractivity contribution in [2.24, 2.45) is 0 Å². The van der Waals surface area contributed by atoms with Crippen LogP contribution in [-0.4, -0.2) is 0 Å². The maximum Gasteiger partial charge on any atom is 0.000442 e. The molecule has 1 nitrogen and oxygen atoms in total. The van der Waals surface area contributed by atoms with Crippen molar-refractivity contribution in [2.75, 3.05) is 0 Å². The number of benzene rings is 5. The number of hydrogen-bond acceptors (Lipinski definition) is 1. The molecule has 0 saturated heterocycles. The van der Waals surface area contributed by atoms with Crippen LogP contribution in [0, 0.1) is 0 Å². The van der Waals surface area contributed by atoms with Crippen LogP contribution in [0.2, 0.25) is 0 Å². The molecule has 31 heavy (non-hydrogen) atoms. The van der Waals surface area contributed by atoms with Crippen molar-refractivity contribution < 1.29 is 0 Å². The van der Waals surface area contributed by atoms with Gasteiger partial charge in [-0.3, -0.25) is 0 Å². The van der Waals surface area contributed by atoms with Gasteiger partial charge < -0.3 is 5.32 Å². The van der Waals surface area contributed by atoms with Crippen LogP contribution < -0.4 is 5.32 Å². The fourth-order valence-electron chi connectivity index (χ4n) is 4.78. The molecule has 0 saturated carbocycles. The normalized spacial score (nSPS) is 13.0.